The number of nitrogens with zero attached hydrogens (tertiary/aromatic N) is 2. The lowest BCUT2D eigenvalue weighted by Gasteiger charge is -2.33. The van der Waals surface area contributed by atoms with Crippen molar-refractivity contribution in [1.29, 1.82) is 0 Å². The van der Waals surface area contributed by atoms with Gasteiger partial charge in [-0.2, -0.15) is 0 Å². The molecule has 1 saturated heterocycles. The van der Waals surface area contributed by atoms with Crippen LogP contribution in [0.4, 0.5) is 0 Å². The topological polar surface area (TPSA) is 75.3 Å². The van der Waals surface area contributed by atoms with Crippen LogP contribution >= 0.6 is 0 Å². The van der Waals surface area contributed by atoms with Crippen LogP contribution in [0.3, 0.4) is 0 Å². The van der Waals surface area contributed by atoms with Crippen molar-refractivity contribution in [3.05, 3.63) is 40.4 Å². The van der Waals surface area contributed by atoms with Crippen LogP contribution in [0, 0.1) is 0 Å². The minimum Gasteiger partial charge on any atom is -0.465 e. The molecule has 1 aromatic heterocycles. The summed E-state index contributed by atoms with van der Waals surface area (Å²) in [7, 11) is 0. The first-order valence-electron chi connectivity index (χ1n) is 8.07. The average Bonchev–Trinajstić information content (AvgIpc) is 2.55. The summed E-state index contributed by atoms with van der Waals surface area (Å²) < 4.78 is 5.17. The van der Waals surface area contributed by atoms with E-state index in [2.05, 4.69) is 14.9 Å². The molecule has 0 radical (unpaired) electrons. The SMILES string of the molecule is CCOC(=O)[C@H]1CCCCN1Cc1nc2ccccc2c(=O)[nH]1. The molecule has 0 bridgehead atoms. The molecule has 0 aliphatic carbocycles. The van der Waals surface area contributed by atoms with Crippen LogP contribution in [-0.2, 0) is 16.1 Å². The zero-order valence-corrected chi connectivity index (χ0v) is 13.2. The van der Waals surface area contributed by atoms with E-state index in [0.29, 0.717) is 29.9 Å². The minimum absolute atomic E-state index is 0.143. The second-order valence-corrected chi connectivity index (χ2v) is 5.76. The molecule has 23 heavy (non-hydrogen) atoms. The Labute approximate surface area is 134 Å². The zero-order valence-electron chi connectivity index (χ0n) is 13.2. The summed E-state index contributed by atoms with van der Waals surface area (Å²) in [5, 5.41) is 0.580. The third kappa shape index (κ3) is 3.42. The number of nitrogens with one attached hydrogen (secondary N) is 1. The monoisotopic (exact) mass is 315 g/mol. The predicted molar refractivity (Wildman–Crippen MR) is 87.0 cm³/mol. The zero-order chi connectivity index (χ0) is 16.2. The smallest absolute Gasteiger partial charge is 0.323 e. The first-order valence-corrected chi connectivity index (χ1v) is 8.07. The van der Waals surface area contributed by atoms with Crippen LogP contribution in [0.2, 0.25) is 0 Å². The predicted octanol–water partition coefficient (Wildman–Crippen LogP) is 1.84. The first kappa shape index (κ1) is 15.7. The molecule has 6 heteroatoms. The number of aromatic nitrogens is 2. The van der Waals surface area contributed by atoms with E-state index >= 15 is 0 Å². The van der Waals surface area contributed by atoms with Gasteiger partial charge in [0.2, 0.25) is 0 Å². The minimum atomic E-state index is -0.250. The highest BCUT2D eigenvalue weighted by Crippen LogP contribution is 2.20. The van der Waals surface area contributed by atoms with E-state index in [1.165, 1.54) is 0 Å². The van der Waals surface area contributed by atoms with Gasteiger partial charge in [-0.3, -0.25) is 14.5 Å². The molecule has 0 amide bonds. The molecule has 0 unspecified atom stereocenters. The van der Waals surface area contributed by atoms with E-state index in [-0.39, 0.29) is 17.6 Å². The standard InChI is InChI=1S/C17H21N3O3/c1-2-23-17(22)14-9-5-6-10-20(14)11-15-18-13-8-4-3-7-12(13)16(21)19-15/h3-4,7-8,14H,2,5-6,9-11H2,1H3,(H,18,19,21)/t14-/m1/s1. The van der Waals surface area contributed by atoms with Crippen molar-refractivity contribution in [2.45, 2.75) is 38.8 Å². The first-order chi connectivity index (χ1) is 11.2. The van der Waals surface area contributed by atoms with E-state index in [1.54, 1.807) is 6.07 Å². The van der Waals surface area contributed by atoms with E-state index in [1.807, 2.05) is 25.1 Å². The summed E-state index contributed by atoms with van der Waals surface area (Å²) in [5.74, 6) is 0.403. The van der Waals surface area contributed by atoms with Gasteiger partial charge in [-0.1, -0.05) is 18.6 Å². The number of ether oxygens (including phenoxy) is 1. The maximum atomic E-state index is 12.2. The molecule has 2 aromatic rings. The quantitative estimate of drug-likeness (QED) is 0.871. The number of carbonyl (C=O) groups excluding carboxylic acids is 1. The van der Waals surface area contributed by atoms with Gasteiger partial charge < -0.3 is 9.72 Å². The maximum absolute atomic E-state index is 12.2. The maximum Gasteiger partial charge on any atom is 0.323 e. The molecule has 1 aliphatic heterocycles. The van der Waals surface area contributed by atoms with Gasteiger partial charge in [0.15, 0.2) is 0 Å². The summed E-state index contributed by atoms with van der Waals surface area (Å²) in [6.45, 7) is 3.45. The van der Waals surface area contributed by atoms with Crippen LogP contribution in [0.25, 0.3) is 10.9 Å². The third-order valence-electron chi connectivity index (χ3n) is 4.19. The highest BCUT2D eigenvalue weighted by atomic mass is 16.5. The molecular formula is C17H21N3O3. The number of fused-ring (bicyclic) bond motifs is 1. The Hall–Kier alpha value is -2.21. The van der Waals surface area contributed by atoms with Crippen molar-refractivity contribution in [3.63, 3.8) is 0 Å². The number of hydrogen-bond acceptors (Lipinski definition) is 5. The van der Waals surface area contributed by atoms with Crippen molar-refractivity contribution >= 4 is 16.9 Å². The van der Waals surface area contributed by atoms with Crippen molar-refractivity contribution in [1.82, 2.24) is 14.9 Å². The lowest BCUT2D eigenvalue weighted by molar-refractivity contribution is -0.151. The summed E-state index contributed by atoms with van der Waals surface area (Å²) in [4.78, 5) is 33.7. The number of rotatable bonds is 4. The molecule has 0 saturated carbocycles. The lowest BCUT2D eigenvalue weighted by atomic mass is 10.0. The van der Waals surface area contributed by atoms with Gasteiger partial charge in [0, 0.05) is 0 Å². The van der Waals surface area contributed by atoms with Crippen molar-refractivity contribution in [2.24, 2.45) is 0 Å². The van der Waals surface area contributed by atoms with Crippen molar-refractivity contribution in [3.8, 4) is 0 Å². The van der Waals surface area contributed by atoms with Gasteiger partial charge in [0.1, 0.15) is 11.9 Å². The lowest BCUT2D eigenvalue weighted by Crippen LogP contribution is -2.45. The largest absolute Gasteiger partial charge is 0.465 e. The average molecular weight is 315 g/mol. The van der Waals surface area contributed by atoms with Crippen molar-refractivity contribution < 1.29 is 9.53 Å². The Morgan fingerprint density at radius 1 is 1.39 bits per heavy atom. The molecule has 1 N–H and O–H groups in total. The van der Waals surface area contributed by atoms with Gasteiger partial charge in [0.25, 0.3) is 5.56 Å². The molecule has 1 atom stereocenters. The summed E-state index contributed by atoms with van der Waals surface area (Å²) >= 11 is 0. The highest BCUT2D eigenvalue weighted by molar-refractivity contribution is 5.77. The molecule has 122 valence electrons. The number of likely N-dealkylation sites (tertiary alicyclic amines) is 1. The number of piperidine rings is 1. The van der Waals surface area contributed by atoms with Gasteiger partial charge >= 0.3 is 5.97 Å². The Kier molecular flexibility index (Phi) is 4.71. The van der Waals surface area contributed by atoms with Gasteiger partial charge in [-0.25, -0.2) is 4.98 Å². The van der Waals surface area contributed by atoms with E-state index in [4.69, 9.17) is 4.74 Å². The van der Waals surface area contributed by atoms with Gasteiger partial charge in [0.05, 0.1) is 24.1 Å². The second kappa shape index (κ2) is 6.91. The second-order valence-electron chi connectivity index (χ2n) is 5.76. The van der Waals surface area contributed by atoms with Crippen LogP contribution < -0.4 is 5.56 Å². The summed E-state index contributed by atoms with van der Waals surface area (Å²) in [6.07, 6.45) is 2.84. The van der Waals surface area contributed by atoms with E-state index in [9.17, 15) is 9.59 Å². The summed E-state index contributed by atoms with van der Waals surface area (Å²) in [6, 6.07) is 7.02. The van der Waals surface area contributed by atoms with Crippen LogP contribution in [0.5, 0.6) is 0 Å². The molecule has 1 fully saturated rings. The molecule has 3 rings (SSSR count). The van der Waals surface area contributed by atoms with Gasteiger partial charge in [-0.05, 0) is 38.4 Å². The molecule has 6 nitrogen and oxygen atoms in total. The summed E-state index contributed by atoms with van der Waals surface area (Å²) in [5.41, 5.74) is 0.534. The Balaban J connectivity index is 1.84. The Morgan fingerprint density at radius 2 is 2.22 bits per heavy atom. The fourth-order valence-corrected chi connectivity index (χ4v) is 3.09. The molecule has 1 aromatic carbocycles. The van der Waals surface area contributed by atoms with E-state index in [0.717, 1.165) is 25.8 Å². The van der Waals surface area contributed by atoms with Crippen LogP contribution in [0.1, 0.15) is 32.0 Å². The van der Waals surface area contributed by atoms with Crippen LogP contribution in [0.15, 0.2) is 29.1 Å². The Morgan fingerprint density at radius 3 is 3.04 bits per heavy atom. The number of carbonyl (C=O) groups is 1. The fourth-order valence-electron chi connectivity index (χ4n) is 3.09. The van der Waals surface area contributed by atoms with Crippen LogP contribution in [-0.4, -0.2) is 40.0 Å². The number of H-pyrrole nitrogens is 1. The Bertz CT molecular complexity index is 756. The molecule has 2 heterocycles. The molecule has 1 aliphatic rings. The number of hydrogen-bond donors (Lipinski definition) is 1. The molecular weight excluding hydrogens is 294 g/mol. The van der Waals surface area contributed by atoms with E-state index < -0.39 is 0 Å². The highest BCUT2D eigenvalue weighted by Gasteiger charge is 2.30. The molecule has 0 spiro atoms. The normalized spacial score (nSPS) is 18.9. The fraction of sp³-hybridized carbons (Fsp3) is 0.471. The van der Waals surface area contributed by atoms with Crippen molar-refractivity contribution in [2.75, 3.05) is 13.2 Å². The van der Waals surface area contributed by atoms with Gasteiger partial charge in [-0.15, -0.1) is 0 Å². The number of esters is 1. The third-order valence-corrected chi connectivity index (χ3v) is 4.19. The number of para-hydroxylation sites is 1. The number of benzene rings is 1. The number of aromatic amines is 1.